The predicted octanol–water partition coefficient (Wildman–Crippen LogP) is 3.54. The monoisotopic (exact) mass is 460 g/mol. The summed E-state index contributed by atoms with van der Waals surface area (Å²) in [5.74, 6) is 1.22. The fourth-order valence-corrected chi connectivity index (χ4v) is 4.88. The number of fused-ring (bicyclic) bond motifs is 1. The third-order valence-corrected chi connectivity index (χ3v) is 6.64. The molecule has 8 heteroatoms. The Bertz CT molecular complexity index is 900. The standard InChI is InChI=1S/C24H32N2O5S/c1-4-23(27)25(12-7-14-29-2)16-24(28)26-13-10-22-18(11-15-32-22)19(26)17-31-21-9-6-5-8-20(21)30-3/h5-6,8-9,11,15,19H,4,7,10,12-14,16-17H2,1-3H3/t19-/m0/s1. The fraction of sp³-hybridized carbons (Fsp3) is 0.500. The molecular weight excluding hydrogens is 428 g/mol. The second-order valence-electron chi connectivity index (χ2n) is 7.63. The van der Waals surface area contributed by atoms with E-state index in [1.165, 1.54) is 4.88 Å². The minimum absolute atomic E-state index is 0.0236. The summed E-state index contributed by atoms with van der Waals surface area (Å²) in [4.78, 5) is 30.6. The van der Waals surface area contributed by atoms with Gasteiger partial charge in [0.05, 0.1) is 19.7 Å². The first-order chi connectivity index (χ1) is 15.6. The van der Waals surface area contributed by atoms with E-state index in [0.717, 1.165) is 12.0 Å². The molecule has 2 aromatic rings. The van der Waals surface area contributed by atoms with Crippen molar-refractivity contribution in [2.24, 2.45) is 0 Å². The van der Waals surface area contributed by atoms with Crippen molar-refractivity contribution in [2.75, 3.05) is 47.1 Å². The van der Waals surface area contributed by atoms with E-state index in [1.807, 2.05) is 36.1 Å². The summed E-state index contributed by atoms with van der Waals surface area (Å²) < 4.78 is 16.6. The van der Waals surface area contributed by atoms with E-state index in [9.17, 15) is 9.59 Å². The molecule has 1 aromatic heterocycles. The van der Waals surface area contributed by atoms with Crippen LogP contribution < -0.4 is 9.47 Å². The van der Waals surface area contributed by atoms with E-state index in [0.29, 0.717) is 50.6 Å². The highest BCUT2D eigenvalue weighted by Gasteiger charge is 2.33. The van der Waals surface area contributed by atoms with Crippen molar-refractivity contribution in [1.82, 2.24) is 9.80 Å². The van der Waals surface area contributed by atoms with E-state index < -0.39 is 0 Å². The minimum atomic E-state index is -0.208. The molecule has 1 aliphatic rings. The molecule has 3 rings (SSSR count). The molecule has 0 spiro atoms. The van der Waals surface area contributed by atoms with Gasteiger partial charge in [-0.3, -0.25) is 9.59 Å². The molecule has 0 radical (unpaired) electrons. The number of amides is 2. The first-order valence-corrected chi connectivity index (χ1v) is 11.8. The van der Waals surface area contributed by atoms with Gasteiger partial charge in [-0.05, 0) is 42.0 Å². The number of ether oxygens (including phenoxy) is 3. The largest absolute Gasteiger partial charge is 0.493 e. The molecule has 0 unspecified atom stereocenters. The van der Waals surface area contributed by atoms with Crippen LogP contribution in [0.25, 0.3) is 0 Å². The van der Waals surface area contributed by atoms with Crippen LogP contribution in [-0.2, 0) is 20.7 Å². The molecule has 1 aliphatic heterocycles. The Morgan fingerprint density at radius 3 is 2.69 bits per heavy atom. The number of benzene rings is 1. The summed E-state index contributed by atoms with van der Waals surface area (Å²) >= 11 is 1.71. The number of carbonyl (C=O) groups is 2. The first kappa shape index (κ1) is 24.1. The molecule has 2 heterocycles. The Morgan fingerprint density at radius 2 is 1.97 bits per heavy atom. The van der Waals surface area contributed by atoms with Crippen LogP contribution in [0, 0.1) is 0 Å². The maximum absolute atomic E-state index is 13.4. The fourth-order valence-electron chi connectivity index (χ4n) is 3.95. The number of carbonyl (C=O) groups excluding carboxylic acids is 2. The molecule has 32 heavy (non-hydrogen) atoms. The molecule has 1 atom stereocenters. The zero-order chi connectivity index (χ0) is 22.9. The Hall–Kier alpha value is -2.58. The number of rotatable bonds is 11. The van der Waals surface area contributed by atoms with Gasteiger partial charge in [0.1, 0.15) is 6.61 Å². The van der Waals surface area contributed by atoms with Gasteiger partial charge in [0.15, 0.2) is 11.5 Å². The maximum atomic E-state index is 13.4. The molecule has 174 valence electrons. The van der Waals surface area contributed by atoms with Crippen LogP contribution >= 0.6 is 11.3 Å². The van der Waals surface area contributed by atoms with Crippen molar-refractivity contribution >= 4 is 23.2 Å². The van der Waals surface area contributed by atoms with Crippen LogP contribution in [0.1, 0.15) is 36.2 Å². The molecule has 2 amide bonds. The highest BCUT2D eigenvalue weighted by molar-refractivity contribution is 7.10. The van der Waals surface area contributed by atoms with Crippen molar-refractivity contribution in [3.8, 4) is 11.5 Å². The van der Waals surface area contributed by atoms with Crippen molar-refractivity contribution in [3.05, 3.63) is 46.2 Å². The second kappa shape index (κ2) is 11.9. The number of thiophene rings is 1. The van der Waals surface area contributed by atoms with Gasteiger partial charge in [0.2, 0.25) is 11.8 Å². The van der Waals surface area contributed by atoms with Gasteiger partial charge >= 0.3 is 0 Å². The van der Waals surface area contributed by atoms with Crippen LogP contribution in [0.5, 0.6) is 11.5 Å². The van der Waals surface area contributed by atoms with Crippen LogP contribution in [0.15, 0.2) is 35.7 Å². The Labute approximate surface area is 193 Å². The zero-order valence-electron chi connectivity index (χ0n) is 19.0. The first-order valence-electron chi connectivity index (χ1n) is 11.0. The van der Waals surface area contributed by atoms with Crippen LogP contribution in [0.3, 0.4) is 0 Å². The van der Waals surface area contributed by atoms with E-state index in [1.54, 1.807) is 30.5 Å². The van der Waals surface area contributed by atoms with E-state index in [-0.39, 0.29) is 24.4 Å². The molecule has 0 N–H and O–H groups in total. The van der Waals surface area contributed by atoms with Crippen molar-refractivity contribution in [2.45, 2.75) is 32.2 Å². The molecule has 0 aliphatic carbocycles. The molecule has 0 saturated heterocycles. The SMILES string of the molecule is CCC(=O)N(CCCOC)CC(=O)N1CCc2sccc2[C@@H]1COc1ccccc1OC. The summed E-state index contributed by atoms with van der Waals surface area (Å²) in [7, 11) is 3.24. The lowest BCUT2D eigenvalue weighted by atomic mass is 10.0. The minimum Gasteiger partial charge on any atom is -0.493 e. The molecule has 0 bridgehead atoms. The van der Waals surface area contributed by atoms with Gasteiger partial charge < -0.3 is 24.0 Å². The smallest absolute Gasteiger partial charge is 0.242 e. The highest BCUT2D eigenvalue weighted by atomic mass is 32.1. The molecule has 1 aromatic carbocycles. The summed E-state index contributed by atoms with van der Waals surface area (Å²) in [6, 6.07) is 9.36. The van der Waals surface area contributed by atoms with Crippen molar-refractivity contribution in [1.29, 1.82) is 0 Å². The van der Waals surface area contributed by atoms with Crippen molar-refractivity contribution < 1.29 is 23.8 Å². The molecule has 0 saturated carbocycles. The average Bonchev–Trinajstić information content (AvgIpc) is 3.30. The summed E-state index contributed by atoms with van der Waals surface area (Å²) in [5, 5.41) is 2.06. The van der Waals surface area contributed by atoms with Crippen molar-refractivity contribution in [3.63, 3.8) is 0 Å². The highest BCUT2D eigenvalue weighted by Crippen LogP contribution is 2.35. The van der Waals surface area contributed by atoms with Gasteiger partial charge in [0, 0.05) is 38.1 Å². The lowest BCUT2D eigenvalue weighted by Gasteiger charge is -2.37. The summed E-state index contributed by atoms with van der Waals surface area (Å²) in [6.45, 7) is 3.88. The van der Waals surface area contributed by atoms with Gasteiger partial charge in [0.25, 0.3) is 0 Å². The maximum Gasteiger partial charge on any atom is 0.242 e. The van der Waals surface area contributed by atoms with Gasteiger partial charge in [-0.25, -0.2) is 0 Å². The van der Waals surface area contributed by atoms with Crippen LogP contribution in [0.4, 0.5) is 0 Å². The topological polar surface area (TPSA) is 68.3 Å². The van der Waals surface area contributed by atoms with E-state index in [2.05, 4.69) is 11.4 Å². The Kier molecular flexibility index (Phi) is 8.93. The van der Waals surface area contributed by atoms with Crippen LogP contribution in [0.2, 0.25) is 0 Å². The van der Waals surface area contributed by atoms with E-state index >= 15 is 0 Å². The lowest BCUT2D eigenvalue weighted by molar-refractivity contribution is -0.142. The Morgan fingerprint density at radius 1 is 1.19 bits per heavy atom. The van der Waals surface area contributed by atoms with Gasteiger partial charge in [-0.2, -0.15) is 0 Å². The predicted molar refractivity (Wildman–Crippen MR) is 124 cm³/mol. The number of hydrogen-bond acceptors (Lipinski definition) is 6. The van der Waals surface area contributed by atoms with Crippen LogP contribution in [-0.4, -0.2) is 68.7 Å². The quantitative estimate of drug-likeness (QED) is 0.480. The zero-order valence-corrected chi connectivity index (χ0v) is 19.9. The molecular formula is C24H32N2O5S. The summed E-state index contributed by atoms with van der Waals surface area (Å²) in [5.41, 5.74) is 1.12. The lowest BCUT2D eigenvalue weighted by Crippen LogP contribution is -2.48. The number of hydrogen-bond donors (Lipinski definition) is 0. The van der Waals surface area contributed by atoms with Gasteiger partial charge in [-0.1, -0.05) is 19.1 Å². The second-order valence-corrected chi connectivity index (χ2v) is 8.63. The molecule has 0 fully saturated rings. The Balaban J connectivity index is 1.75. The average molecular weight is 461 g/mol. The third-order valence-electron chi connectivity index (χ3n) is 5.64. The number of nitrogens with zero attached hydrogens (tertiary/aromatic N) is 2. The third kappa shape index (κ3) is 5.81. The number of methoxy groups -OCH3 is 2. The normalized spacial score (nSPS) is 15.2. The number of para-hydroxylation sites is 2. The van der Waals surface area contributed by atoms with Gasteiger partial charge in [-0.15, -0.1) is 11.3 Å². The summed E-state index contributed by atoms with van der Waals surface area (Å²) in [6.07, 6.45) is 1.88. The molecule has 7 nitrogen and oxygen atoms in total. The van der Waals surface area contributed by atoms with E-state index in [4.69, 9.17) is 14.2 Å².